The summed E-state index contributed by atoms with van der Waals surface area (Å²) in [5.74, 6) is 1.04. The minimum Gasteiger partial charge on any atom is -0.325 e. The van der Waals surface area contributed by atoms with Gasteiger partial charge in [0.15, 0.2) is 0 Å². The number of nitrogens with one attached hydrogen (secondary N) is 1. The number of carbonyl (C=O) groups is 1. The second-order valence-electron chi connectivity index (χ2n) is 3.91. The highest BCUT2D eigenvalue weighted by atomic mass is 16.2. The van der Waals surface area contributed by atoms with Crippen LogP contribution < -0.4 is 5.32 Å². The van der Waals surface area contributed by atoms with E-state index in [1.165, 1.54) is 6.42 Å². The number of rotatable bonds is 2. The smallest absolute Gasteiger partial charge is 0.241 e. The monoisotopic (exact) mass is 168 g/mol. The predicted molar refractivity (Wildman–Crippen MR) is 46.5 cm³/mol. The fourth-order valence-corrected chi connectivity index (χ4v) is 1.91. The number of hydrogen-bond acceptors (Lipinski definition) is 2. The maximum Gasteiger partial charge on any atom is 0.241 e. The van der Waals surface area contributed by atoms with E-state index in [2.05, 4.69) is 19.2 Å². The normalized spacial score (nSPS) is 40.7. The van der Waals surface area contributed by atoms with Crippen molar-refractivity contribution in [3.8, 4) is 0 Å². The van der Waals surface area contributed by atoms with E-state index in [9.17, 15) is 4.79 Å². The quantitative estimate of drug-likeness (QED) is 0.653. The molecule has 3 nitrogen and oxygen atoms in total. The molecular weight excluding hydrogens is 152 g/mol. The minimum atomic E-state index is 0.0952. The van der Waals surface area contributed by atoms with Crippen molar-refractivity contribution in [1.29, 1.82) is 0 Å². The van der Waals surface area contributed by atoms with Gasteiger partial charge in [-0.1, -0.05) is 13.8 Å². The van der Waals surface area contributed by atoms with Crippen molar-refractivity contribution in [3.05, 3.63) is 0 Å². The first kappa shape index (κ1) is 8.05. The van der Waals surface area contributed by atoms with E-state index in [4.69, 9.17) is 0 Å². The van der Waals surface area contributed by atoms with Gasteiger partial charge in [-0.25, -0.2) is 0 Å². The highest BCUT2D eigenvalue weighted by molar-refractivity contribution is 5.84. The standard InChI is InChI=1S/C9H16N2O/c1-3-7-9(12)11(5-10-7)8-4-6(8)2/h6-8,10H,3-5H2,1-2H3. The van der Waals surface area contributed by atoms with Crippen molar-refractivity contribution in [3.63, 3.8) is 0 Å². The van der Waals surface area contributed by atoms with Crippen LogP contribution in [0.2, 0.25) is 0 Å². The molecule has 0 spiro atoms. The zero-order valence-electron chi connectivity index (χ0n) is 7.71. The van der Waals surface area contributed by atoms with Gasteiger partial charge >= 0.3 is 0 Å². The molecule has 1 saturated carbocycles. The van der Waals surface area contributed by atoms with E-state index in [0.29, 0.717) is 11.9 Å². The molecule has 0 aromatic rings. The van der Waals surface area contributed by atoms with Gasteiger partial charge in [-0.15, -0.1) is 0 Å². The maximum absolute atomic E-state index is 11.6. The van der Waals surface area contributed by atoms with Crippen LogP contribution in [-0.2, 0) is 4.79 Å². The van der Waals surface area contributed by atoms with E-state index in [1.807, 2.05) is 4.90 Å². The predicted octanol–water partition coefficient (Wildman–Crippen LogP) is 0.563. The van der Waals surface area contributed by atoms with Gasteiger partial charge in [0, 0.05) is 6.04 Å². The zero-order chi connectivity index (χ0) is 8.72. The molecule has 1 amide bonds. The van der Waals surface area contributed by atoms with Crippen LogP contribution in [0.1, 0.15) is 26.7 Å². The van der Waals surface area contributed by atoms with Crippen LogP contribution in [0.3, 0.4) is 0 Å². The van der Waals surface area contributed by atoms with E-state index in [0.717, 1.165) is 19.0 Å². The molecular formula is C9H16N2O. The highest BCUT2D eigenvalue weighted by Crippen LogP contribution is 2.36. The van der Waals surface area contributed by atoms with Crippen molar-refractivity contribution < 1.29 is 4.79 Å². The Kier molecular flexibility index (Phi) is 1.83. The Morgan fingerprint density at radius 2 is 2.33 bits per heavy atom. The summed E-state index contributed by atoms with van der Waals surface area (Å²) in [6.07, 6.45) is 2.11. The third-order valence-corrected chi connectivity index (χ3v) is 2.96. The first-order chi connectivity index (χ1) is 5.74. The molecule has 0 radical (unpaired) electrons. The molecule has 3 heteroatoms. The second kappa shape index (κ2) is 2.73. The lowest BCUT2D eigenvalue weighted by Gasteiger charge is -2.14. The molecule has 12 heavy (non-hydrogen) atoms. The summed E-state index contributed by atoms with van der Waals surface area (Å²) in [6.45, 7) is 5.03. The second-order valence-corrected chi connectivity index (χ2v) is 3.91. The van der Waals surface area contributed by atoms with Crippen LogP contribution in [0.5, 0.6) is 0 Å². The molecule has 3 atom stereocenters. The van der Waals surface area contributed by atoms with E-state index >= 15 is 0 Å². The summed E-state index contributed by atoms with van der Waals surface area (Å²) in [6, 6.07) is 0.638. The number of amides is 1. The fourth-order valence-electron chi connectivity index (χ4n) is 1.91. The van der Waals surface area contributed by atoms with Gasteiger partial charge < -0.3 is 4.90 Å². The zero-order valence-corrected chi connectivity index (χ0v) is 7.71. The lowest BCUT2D eigenvalue weighted by molar-refractivity contribution is -0.129. The molecule has 2 aliphatic rings. The van der Waals surface area contributed by atoms with E-state index < -0.39 is 0 Å². The third kappa shape index (κ3) is 1.12. The van der Waals surface area contributed by atoms with Gasteiger partial charge in [0.05, 0.1) is 12.7 Å². The van der Waals surface area contributed by atoms with Crippen LogP contribution in [0.15, 0.2) is 0 Å². The van der Waals surface area contributed by atoms with Crippen molar-refractivity contribution in [2.75, 3.05) is 6.67 Å². The summed E-state index contributed by atoms with van der Waals surface area (Å²) < 4.78 is 0. The number of carbonyl (C=O) groups excluding carboxylic acids is 1. The molecule has 2 rings (SSSR count). The Labute approximate surface area is 73.1 Å². The maximum atomic E-state index is 11.6. The van der Waals surface area contributed by atoms with E-state index in [-0.39, 0.29) is 6.04 Å². The van der Waals surface area contributed by atoms with Crippen molar-refractivity contribution in [1.82, 2.24) is 10.2 Å². The van der Waals surface area contributed by atoms with Gasteiger partial charge in [-0.05, 0) is 18.8 Å². The van der Waals surface area contributed by atoms with Crippen molar-refractivity contribution in [2.24, 2.45) is 5.92 Å². The first-order valence-corrected chi connectivity index (χ1v) is 4.78. The highest BCUT2D eigenvalue weighted by Gasteiger charge is 2.44. The molecule has 68 valence electrons. The first-order valence-electron chi connectivity index (χ1n) is 4.78. The largest absolute Gasteiger partial charge is 0.325 e. The van der Waals surface area contributed by atoms with Crippen LogP contribution in [0.4, 0.5) is 0 Å². The lowest BCUT2D eigenvalue weighted by Crippen LogP contribution is -2.32. The molecule has 1 saturated heterocycles. The summed E-state index contributed by atoms with van der Waals surface area (Å²) in [7, 11) is 0. The molecule has 0 aromatic carbocycles. The van der Waals surface area contributed by atoms with Crippen LogP contribution in [0.25, 0.3) is 0 Å². The van der Waals surface area contributed by atoms with Gasteiger partial charge in [0.25, 0.3) is 0 Å². The molecule has 0 aromatic heterocycles. The topological polar surface area (TPSA) is 32.3 Å². The van der Waals surface area contributed by atoms with Crippen molar-refractivity contribution in [2.45, 2.75) is 38.8 Å². The van der Waals surface area contributed by atoms with Gasteiger partial charge in [-0.3, -0.25) is 10.1 Å². The average Bonchev–Trinajstić information content (AvgIpc) is 2.63. The third-order valence-electron chi connectivity index (χ3n) is 2.96. The van der Waals surface area contributed by atoms with Gasteiger partial charge in [-0.2, -0.15) is 0 Å². The Hall–Kier alpha value is -0.570. The van der Waals surface area contributed by atoms with Gasteiger partial charge in [0.1, 0.15) is 0 Å². The molecule has 1 aliphatic heterocycles. The van der Waals surface area contributed by atoms with Crippen molar-refractivity contribution >= 4 is 5.91 Å². The summed E-state index contributed by atoms with van der Waals surface area (Å²) in [5, 5.41) is 3.22. The fraction of sp³-hybridized carbons (Fsp3) is 0.889. The van der Waals surface area contributed by atoms with Crippen LogP contribution in [0, 0.1) is 5.92 Å². The molecule has 1 N–H and O–H groups in total. The SMILES string of the molecule is CCC1NCN(C2CC2C)C1=O. The number of hydrogen-bond donors (Lipinski definition) is 1. The van der Waals surface area contributed by atoms with Crippen LogP contribution >= 0.6 is 0 Å². The lowest BCUT2D eigenvalue weighted by atomic mass is 10.2. The summed E-state index contributed by atoms with van der Waals surface area (Å²) in [4.78, 5) is 13.6. The molecule has 3 unspecified atom stereocenters. The molecule has 0 bridgehead atoms. The Morgan fingerprint density at radius 1 is 1.67 bits per heavy atom. The molecule has 1 aliphatic carbocycles. The average molecular weight is 168 g/mol. The molecule has 2 fully saturated rings. The number of nitrogens with zero attached hydrogens (tertiary/aromatic N) is 1. The minimum absolute atomic E-state index is 0.0952. The summed E-state index contributed by atoms with van der Waals surface area (Å²) in [5.41, 5.74) is 0. The summed E-state index contributed by atoms with van der Waals surface area (Å²) >= 11 is 0. The Morgan fingerprint density at radius 3 is 2.75 bits per heavy atom. The van der Waals surface area contributed by atoms with Crippen LogP contribution in [-0.4, -0.2) is 29.6 Å². The van der Waals surface area contributed by atoms with E-state index in [1.54, 1.807) is 0 Å². The Balaban J connectivity index is 1.97. The molecule has 1 heterocycles. The Bertz CT molecular complexity index is 205. The van der Waals surface area contributed by atoms with Gasteiger partial charge in [0.2, 0.25) is 5.91 Å².